The highest BCUT2D eigenvalue weighted by molar-refractivity contribution is 5.95. The quantitative estimate of drug-likeness (QED) is 0.0370. The first-order valence-corrected chi connectivity index (χ1v) is 21.6. The molecule has 0 saturated heterocycles. The molecule has 0 spiro atoms. The van der Waals surface area contributed by atoms with Crippen molar-refractivity contribution < 1.29 is 56.4 Å². The van der Waals surface area contributed by atoms with Gasteiger partial charge in [0.2, 0.25) is 0 Å². The molecule has 0 fully saturated rings. The summed E-state index contributed by atoms with van der Waals surface area (Å²) in [6.45, 7) is 5.21. The molecule has 0 unspecified atom stereocenters. The van der Waals surface area contributed by atoms with E-state index in [4.69, 9.17) is 28.4 Å². The first kappa shape index (κ1) is 46.4. The molecule has 0 aliphatic rings. The summed E-state index contributed by atoms with van der Waals surface area (Å²) in [5.41, 5.74) is -0.176. The van der Waals surface area contributed by atoms with Crippen molar-refractivity contribution in [3.05, 3.63) is 155 Å². The molecule has 0 bridgehead atoms. The third kappa shape index (κ3) is 13.5. The topological polar surface area (TPSA) is 124 Å². The van der Waals surface area contributed by atoms with Crippen LogP contribution in [0.5, 0.6) is 34.5 Å². The van der Waals surface area contributed by atoms with Crippen LogP contribution >= 0.6 is 0 Å². The second-order valence-electron chi connectivity index (χ2n) is 15.1. The van der Waals surface area contributed by atoms with Gasteiger partial charge in [0.25, 0.3) is 0 Å². The monoisotopic (exact) mass is 872 g/mol. The molecule has 0 aliphatic carbocycles. The average Bonchev–Trinajstić information content (AvgIpc) is 3.29. The number of carbonyl (C=O) groups is 4. The smallest absolute Gasteiger partial charge is 0.346 e. The fourth-order valence-corrected chi connectivity index (χ4v) is 6.60. The van der Waals surface area contributed by atoms with Gasteiger partial charge in [-0.15, -0.1) is 0 Å². The van der Waals surface area contributed by atoms with Crippen molar-refractivity contribution in [3.63, 3.8) is 0 Å². The van der Waals surface area contributed by atoms with E-state index in [0.29, 0.717) is 30.1 Å². The molecule has 6 aromatic rings. The van der Waals surface area contributed by atoms with Crippen LogP contribution < -0.4 is 28.4 Å². The van der Waals surface area contributed by atoms with Crippen LogP contribution in [-0.4, -0.2) is 37.1 Å². The first-order valence-electron chi connectivity index (χ1n) is 21.6. The molecular weight excluding hydrogens is 823 g/mol. The molecule has 6 rings (SSSR count). The van der Waals surface area contributed by atoms with E-state index in [1.54, 1.807) is 36.4 Å². The van der Waals surface area contributed by atoms with Crippen LogP contribution in [0.2, 0.25) is 0 Å². The number of benzene rings is 6. The van der Waals surface area contributed by atoms with Gasteiger partial charge < -0.3 is 28.4 Å². The summed E-state index contributed by atoms with van der Waals surface area (Å²) < 4.78 is 62.6. The molecular formula is C52H50F2O10. The average molecular weight is 873 g/mol. The van der Waals surface area contributed by atoms with Crippen LogP contribution in [0.3, 0.4) is 0 Å². The molecule has 0 heterocycles. The number of unbranched alkanes of at least 4 members (excludes halogenated alkanes) is 8. The maximum atomic E-state index is 14.8. The summed E-state index contributed by atoms with van der Waals surface area (Å²) in [7, 11) is 0. The molecule has 0 amide bonds. The minimum Gasteiger partial charge on any atom is -0.493 e. The lowest BCUT2D eigenvalue weighted by Gasteiger charge is -2.10. The Bertz CT molecular complexity index is 2360. The van der Waals surface area contributed by atoms with E-state index in [9.17, 15) is 28.0 Å². The van der Waals surface area contributed by atoms with Crippen LogP contribution in [-0.2, 0) is 0 Å². The Balaban J connectivity index is 0.980. The van der Waals surface area contributed by atoms with Crippen molar-refractivity contribution in [3.8, 4) is 34.5 Å². The second kappa shape index (κ2) is 23.4. The Morgan fingerprint density at radius 1 is 0.375 bits per heavy atom. The van der Waals surface area contributed by atoms with E-state index in [-0.39, 0.29) is 45.3 Å². The molecule has 0 atom stereocenters. The van der Waals surface area contributed by atoms with E-state index < -0.39 is 35.5 Å². The van der Waals surface area contributed by atoms with Crippen molar-refractivity contribution in [2.75, 3.05) is 13.2 Å². The van der Waals surface area contributed by atoms with Crippen LogP contribution in [0.25, 0.3) is 10.8 Å². The number of hydrogen-bond acceptors (Lipinski definition) is 10. The van der Waals surface area contributed by atoms with Gasteiger partial charge in [-0.1, -0.05) is 77.3 Å². The van der Waals surface area contributed by atoms with Gasteiger partial charge in [0.05, 0.1) is 35.5 Å². The second-order valence-corrected chi connectivity index (χ2v) is 15.1. The molecule has 10 nitrogen and oxygen atoms in total. The molecule has 64 heavy (non-hydrogen) atoms. The van der Waals surface area contributed by atoms with Gasteiger partial charge in [-0.25, -0.2) is 28.0 Å². The van der Waals surface area contributed by atoms with E-state index in [2.05, 4.69) is 13.8 Å². The minimum atomic E-state index is -0.901. The van der Waals surface area contributed by atoms with Gasteiger partial charge in [0.15, 0.2) is 0 Å². The molecule has 332 valence electrons. The van der Waals surface area contributed by atoms with Crippen LogP contribution in [0.4, 0.5) is 8.78 Å². The lowest BCUT2D eigenvalue weighted by atomic mass is 10.1. The van der Waals surface area contributed by atoms with Crippen molar-refractivity contribution >= 4 is 34.6 Å². The molecule has 12 heteroatoms. The number of ether oxygens (including phenoxy) is 6. The van der Waals surface area contributed by atoms with Crippen molar-refractivity contribution in [1.29, 1.82) is 0 Å². The number of esters is 4. The minimum absolute atomic E-state index is 0.101. The summed E-state index contributed by atoms with van der Waals surface area (Å²) in [6.07, 6.45) is 10.7. The van der Waals surface area contributed by atoms with E-state index in [1.807, 2.05) is 0 Å². The molecule has 0 saturated carbocycles. The Hall–Kier alpha value is -7.08. The number of halogens is 2. The van der Waals surface area contributed by atoms with E-state index >= 15 is 0 Å². The first-order chi connectivity index (χ1) is 31.1. The summed E-state index contributed by atoms with van der Waals surface area (Å²) >= 11 is 0. The number of rotatable bonds is 22. The summed E-state index contributed by atoms with van der Waals surface area (Å²) in [5.74, 6) is -3.40. The van der Waals surface area contributed by atoms with Crippen molar-refractivity contribution in [2.45, 2.75) is 78.1 Å². The predicted octanol–water partition coefficient (Wildman–Crippen LogP) is 12.7. The van der Waals surface area contributed by atoms with Gasteiger partial charge in [-0.2, -0.15) is 0 Å². The zero-order valence-electron chi connectivity index (χ0n) is 35.9. The lowest BCUT2D eigenvalue weighted by Crippen LogP contribution is -2.12. The fourth-order valence-electron chi connectivity index (χ4n) is 6.60. The zero-order valence-corrected chi connectivity index (χ0v) is 35.9. The molecule has 0 N–H and O–H groups in total. The van der Waals surface area contributed by atoms with E-state index in [0.717, 1.165) is 68.9 Å². The van der Waals surface area contributed by atoms with E-state index in [1.165, 1.54) is 85.6 Å². The SMILES string of the molecule is CCCCCCCOc1ccc(C(=O)Oc2ccc(C(=O)Oc3ccc4ccc(OC(=O)c5ccc(OC(=O)c6ccc(OCCCCCCC)cc6F)cc5)cc4c3)cc2)c(F)c1. The molecule has 0 radical (unpaired) electrons. The standard InChI is InChI=1S/C52H50F2O10/c1-3-5-7-9-11-29-59-41-25-27-45(47(53)33-41)51(57)61-39-19-15-36(16-20-39)49(55)63-43-23-13-35-14-24-44(32-38(35)31-43)64-50(56)37-17-21-40(22-18-37)62-52(58)46-28-26-42(34-48(46)54)60-30-12-10-8-6-4-2/h13-28,31-34H,3-12,29-30H2,1-2H3. The maximum Gasteiger partial charge on any atom is 0.346 e. The highest BCUT2D eigenvalue weighted by Crippen LogP contribution is 2.28. The number of hydrogen-bond donors (Lipinski definition) is 0. The Morgan fingerprint density at radius 3 is 1.12 bits per heavy atom. The number of fused-ring (bicyclic) bond motifs is 1. The van der Waals surface area contributed by atoms with Crippen molar-refractivity contribution in [2.24, 2.45) is 0 Å². The highest BCUT2D eigenvalue weighted by atomic mass is 19.1. The van der Waals surface area contributed by atoms with Crippen LogP contribution in [0.1, 0.15) is 119 Å². The molecule has 0 aliphatic heterocycles. The normalized spacial score (nSPS) is 10.9. The van der Waals surface area contributed by atoms with Gasteiger partial charge in [-0.3, -0.25) is 0 Å². The Kier molecular flexibility index (Phi) is 17.0. The third-order valence-electron chi connectivity index (χ3n) is 10.2. The van der Waals surface area contributed by atoms with Crippen LogP contribution in [0.15, 0.2) is 121 Å². The largest absolute Gasteiger partial charge is 0.493 e. The van der Waals surface area contributed by atoms with Gasteiger partial charge in [0, 0.05) is 12.1 Å². The summed E-state index contributed by atoms with van der Waals surface area (Å²) in [5, 5.41) is 1.40. The Morgan fingerprint density at radius 2 is 0.734 bits per heavy atom. The summed E-state index contributed by atoms with van der Waals surface area (Å²) in [6, 6.07) is 29.2. The van der Waals surface area contributed by atoms with Crippen molar-refractivity contribution in [1.82, 2.24) is 0 Å². The summed E-state index contributed by atoms with van der Waals surface area (Å²) in [4.78, 5) is 51.5. The highest BCUT2D eigenvalue weighted by Gasteiger charge is 2.19. The van der Waals surface area contributed by atoms with Gasteiger partial charge in [-0.05, 0) is 121 Å². The molecule has 0 aromatic heterocycles. The molecule has 6 aromatic carbocycles. The lowest BCUT2D eigenvalue weighted by molar-refractivity contribution is 0.0717. The fraction of sp³-hybridized carbons (Fsp3) is 0.269. The Labute approximate surface area is 371 Å². The third-order valence-corrected chi connectivity index (χ3v) is 10.2. The van der Waals surface area contributed by atoms with Gasteiger partial charge >= 0.3 is 23.9 Å². The number of carbonyl (C=O) groups excluding carboxylic acids is 4. The predicted molar refractivity (Wildman–Crippen MR) is 238 cm³/mol. The maximum absolute atomic E-state index is 14.8. The van der Waals surface area contributed by atoms with Gasteiger partial charge in [0.1, 0.15) is 46.1 Å². The van der Waals surface area contributed by atoms with Crippen LogP contribution in [0, 0.1) is 11.6 Å². The zero-order chi connectivity index (χ0) is 45.3.